The summed E-state index contributed by atoms with van der Waals surface area (Å²) in [6, 6.07) is 0. The van der Waals surface area contributed by atoms with Crippen LogP contribution in [-0.2, 0) is 14.9 Å². The molecule has 0 aromatic heterocycles. The number of carbonyl (C=O) groups is 1. The molecule has 0 amide bonds. The van der Waals surface area contributed by atoms with Crippen molar-refractivity contribution in [2.24, 2.45) is 0 Å². The predicted octanol–water partition coefficient (Wildman–Crippen LogP) is -0.782. The van der Waals surface area contributed by atoms with Crippen molar-refractivity contribution in [2.45, 2.75) is 39.5 Å². The standard InChI is InChI=1S/C6H14O3S.C4H6O2.Li.H/c1-2-3-4-5-6-10(7,8)9;1-3(2)4(5)6;;/h2-6H2,1H3,(H,7,8,9);1H2,2H3,(H,5,6);;/q;;+1;-1. The van der Waals surface area contributed by atoms with Gasteiger partial charge in [0.1, 0.15) is 0 Å². The second kappa shape index (κ2) is 12.2. The van der Waals surface area contributed by atoms with E-state index in [1.807, 2.05) is 6.92 Å². The quantitative estimate of drug-likeness (QED) is 0.283. The molecule has 98 valence electrons. The number of hydrogen-bond donors (Lipinski definition) is 2. The molecule has 0 aromatic carbocycles. The van der Waals surface area contributed by atoms with E-state index in [2.05, 4.69) is 6.58 Å². The van der Waals surface area contributed by atoms with Crippen molar-refractivity contribution in [3.63, 3.8) is 0 Å². The van der Waals surface area contributed by atoms with Gasteiger partial charge in [-0.05, 0) is 13.3 Å². The van der Waals surface area contributed by atoms with Gasteiger partial charge in [0, 0.05) is 5.57 Å². The Balaban J connectivity index is -0.000000108. The Kier molecular flexibility index (Phi) is 15.7. The fourth-order valence-corrected chi connectivity index (χ4v) is 1.28. The Morgan fingerprint density at radius 1 is 1.29 bits per heavy atom. The Morgan fingerprint density at radius 2 is 1.71 bits per heavy atom. The monoisotopic (exact) mass is 260 g/mol. The number of carboxylic acid groups (broad SMARTS) is 1. The molecule has 17 heavy (non-hydrogen) atoms. The molecule has 0 spiro atoms. The van der Waals surface area contributed by atoms with E-state index in [1.165, 1.54) is 6.92 Å². The zero-order valence-corrected chi connectivity index (χ0v) is 11.6. The van der Waals surface area contributed by atoms with Gasteiger partial charge in [-0.3, -0.25) is 4.55 Å². The Bertz CT molecular complexity index is 304. The number of unbranched alkanes of at least 4 members (excludes halogenated alkanes) is 3. The molecule has 7 heteroatoms. The van der Waals surface area contributed by atoms with Crippen molar-refractivity contribution in [3.05, 3.63) is 12.2 Å². The first-order chi connectivity index (χ1) is 7.20. The summed E-state index contributed by atoms with van der Waals surface area (Å²) in [7, 11) is -3.70. The molecule has 0 atom stereocenters. The van der Waals surface area contributed by atoms with Gasteiger partial charge in [0.25, 0.3) is 10.1 Å². The number of hydrogen-bond acceptors (Lipinski definition) is 3. The molecule has 0 radical (unpaired) electrons. The first kappa shape index (κ1) is 21.9. The van der Waals surface area contributed by atoms with Crippen LogP contribution < -0.4 is 18.9 Å². The summed E-state index contributed by atoms with van der Waals surface area (Å²) >= 11 is 0. The van der Waals surface area contributed by atoms with Crippen LogP contribution in [0, 0.1) is 0 Å². The number of aliphatic carboxylic acids is 1. The zero-order chi connectivity index (χ0) is 13.2. The first-order valence-electron chi connectivity index (χ1n) is 5.04. The van der Waals surface area contributed by atoms with Gasteiger partial charge in [-0.15, -0.1) is 0 Å². The van der Waals surface area contributed by atoms with Crippen molar-refractivity contribution in [2.75, 3.05) is 5.75 Å². The summed E-state index contributed by atoms with van der Waals surface area (Å²) in [6.45, 7) is 6.65. The van der Waals surface area contributed by atoms with Crippen LogP contribution >= 0.6 is 0 Å². The summed E-state index contributed by atoms with van der Waals surface area (Å²) < 4.78 is 28.6. The van der Waals surface area contributed by atoms with Gasteiger partial charge >= 0.3 is 24.8 Å². The average molecular weight is 260 g/mol. The maximum Gasteiger partial charge on any atom is 1.00 e. The third-order valence-corrected chi connectivity index (χ3v) is 2.43. The fraction of sp³-hybridized carbons (Fsp3) is 0.700. The Hall–Kier alpha value is -0.283. The number of carboxylic acids is 1. The SMILES string of the molecule is C=C(C)C(=O)O.CCCCCCS(=O)(=O)O.[H-].[Li+]. The molecule has 0 aliphatic heterocycles. The number of rotatable bonds is 6. The van der Waals surface area contributed by atoms with Gasteiger partial charge in [0.2, 0.25) is 0 Å². The van der Waals surface area contributed by atoms with E-state index in [1.54, 1.807) is 0 Å². The molecule has 0 aromatic rings. The predicted molar refractivity (Wildman–Crippen MR) is 64.1 cm³/mol. The zero-order valence-electron chi connectivity index (χ0n) is 11.8. The van der Waals surface area contributed by atoms with Gasteiger partial charge in [-0.1, -0.05) is 32.8 Å². The normalized spacial score (nSPS) is 9.59. The van der Waals surface area contributed by atoms with Gasteiger partial charge in [0.05, 0.1) is 5.75 Å². The third-order valence-electron chi connectivity index (χ3n) is 1.62. The molecule has 0 fully saturated rings. The molecule has 0 aliphatic carbocycles. The summed E-state index contributed by atoms with van der Waals surface area (Å²) in [5, 5.41) is 7.89. The minimum absolute atomic E-state index is 0. The second-order valence-corrected chi connectivity index (χ2v) is 5.00. The van der Waals surface area contributed by atoms with Crippen LogP contribution in [0.2, 0.25) is 0 Å². The van der Waals surface area contributed by atoms with Crippen LogP contribution in [0.5, 0.6) is 0 Å². The maximum absolute atomic E-state index is 10.1. The van der Waals surface area contributed by atoms with E-state index < -0.39 is 16.1 Å². The van der Waals surface area contributed by atoms with Crippen LogP contribution in [0.15, 0.2) is 12.2 Å². The van der Waals surface area contributed by atoms with E-state index in [0.29, 0.717) is 6.42 Å². The average Bonchev–Trinajstić information content (AvgIpc) is 2.12. The van der Waals surface area contributed by atoms with Crippen molar-refractivity contribution >= 4 is 16.1 Å². The van der Waals surface area contributed by atoms with E-state index in [-0.39, 0.29) is 31.6 Å². The first-order valence-corrected chi connectivity index (χ1v) is 6.65. The summed E-state index contributed by atoms with van der Waals surface area (Å²) in [5.74, 6) is -1.03. The van der Waals surface area contributed by atoms with Crippen LogP contribution in [0.25, 0.3) is 0 Å². The second-order valence-electron chi connectivity index (χ2n) is 3.43. The largest absolute Gasteiger partial charge is 1.00 e. The van der Waals surface area contributed by atoms with E-state index in [9.17, 15) is 13.2 Å². The molecular formula is C10H21LiO5S. The van der Waals surface area contributed by atoms with Crippen LogP contribution in [0.4, 0.5) is 0 Å². The molecule has 0 heterocycles. The van der Waals surface area contributed by atoms with E-state index >= 15 is 0 Å². The van der Waals surface area contributed by atoms with E-state index in [0.717, 1.165) is 19.3 Å². The Labute approximate surface area is 117 Å². The summed E-state index contributed by atoms with van der Waals surface area (Å²) in [4.78, 5) is 9.60. The van der Waals surface area contributed by atoms with Crippen molar-refractivity contribution in [1.82, 2.24) is 0 Å². The van der Waals surface area contributed by atoms with Crippen LogP contribution in [0.1, 0.15) is 41.0 Å². The van der Waals surface area contributed by atoms with Gasteiger partial charge < -0.3 is 6.53 Å². The maximum atomic E-state index is 10.1. The summed E-state index contributed by atoms with van der Waals surface area (Å²) in [5.41, 5.74) is 0.176. The van der Waals surface area contributed by atoms with Crippen LogP contribution in [-0.4, -0.2) is 29.8 Å². The molecule has 0 rings (SSSR count). The molecule has 0 bridgehead atoms. The third kappa shape index (κ3) is 25.7. The fourth-order valence-electron chi connectivity index (χ4n) is 0.711. The van der Waals surface area contributed by atoms with Crippen molar-refractivity contribution < 1.29 is 43.2 Å². The molecule has 0 aliphatic rings. The molecule has 5 nitrogen and oxygen atoms in total. The Morgan fingerprint density at radius 3 is 1.94 bits per heavy atom. The molecule has 2 N–H and O–H groups in total. The minimum Gasteiger partial charge on any atom is -1.00 e. The topological polar surface area (TPSA) is 91.7 Å². The van der Waals surface area contributed by atoms with Gasteiger partial charge in [-0.25, -0.2) is 4.79 Å². The smallest absolute Gasteiger partial charge is 1.00 e. The molecular weight excluding hydrogens is 239 g/mol. The minimum atomic E-state index is -3.70. The van der Waals surface area contributed by atoms with Gasteiger partial charge in [0.15, 0.2) is 0 Å². The van der Waals surface area contributed by atoms with Crippen molar-refractivity contribution in [1.29, 1.82) is 0 Å². The van der Waals surface area contributed by atoms with Crippen LogP contribution in [0.3, 0.4) is 0 Å². The molecule has 0 saturated heterocycles. The summed E-state index contributed by atoms with van der Waals surface area (Å²) in [6.07, 6.45) is 3.57. The van der Waals surface area contributed by atoms with E-state index in [4.69, 9.17) is 9.66 Å². The molecule has 0 unspecified atom stereocenters. The van der Waals surface area contributed by atoms with Gasteiger partial charge in [-0.2, -0.15) is 8.42 Å². The van der Waals surface area contributed by atoms with Crippen molar-refractivity contribution in [3.8, 4) is 0 Å². The molecule has 0 saturated carbocycles.